The number of hydrogen-bond acceptors (Lipinski definition) is 3. The number of nitrogens with one attached hydrogen (secondary N) is 1. The molecule has 1 unspecified atom stereocenters. The van der Waals surface area contributed by atoms with E-state index in [0.29, 0.717) is 0 Å². The second-order valence-electron chi connectivity index (χ2n) is 6.27. The molecule has 0 aromatic heterocycles. The highest BCUT2D eigenvalue weighted by Gasteiger charge is 2.25. The summed E-state index contributed by atoms with van der Waals surface area (Å²) in [6, 6.07) is 1.57. The highest BCUT2D eigenvalue weighted by Crippen LogP contribution is 2.21. The van der Waals surface area contributed by atoms with Crippen LogP contribution in [0.4, 0.5) is 0 Å². The fraction of sp³-hybridized carbons (Fsp3) is 1.00. The molecule has 2 aliphatic rings. The van der Waals surface area contributed by atoms with Gasteiger partial charge >= 0.3 is 0 Å². The van der Waals surface area contributed by atoms with Gasteiger partial charge in [-0.15, -0.1) is 0 Å². The lowest BCUT2D eigenvalue weighted by atomic mass is 9.95. The minimum atomic E-state index is 0.718. The van der Waals surface area contributed by atoms with Crippen LogP contribution >= 0.6 is 0 Å². The van der Waals surface area contributed by atoms with Crippen molar-refractivity contribution >= 4 is 0 Å². The van der Waals surface area contributed by atoms with Gasteiger partial charge in [-0.2, -0.15) is 0 Å². The number of nitrogens with zero attached hydrogens (tertiary/aromatic N) is 2. The zero-order valence-corrected chi connectivity index (χ0v) is 11.8. The van der Waals surface area contributed by atoms with Gasteiger partial charge in [0.25, 0.3) is 0 Å². The molecule has 1 heterocycles. The first-order chi connectivity index (χ1) is 8.15. The summed E-state index contributed by atoms with van der Waals surface area (Å²) in [6.07, 6.45) is 5.56. The molecule has 1 saturated carbocycles. The van der Waals surface area contributed by atoms with E-state index in [1.807, 2.05) is 0 Å². The summed E-state index contributed by atoms with van der Waals surface area (Å²) >= 11 is 0. The summed E-state index contributed by atoms with van der Waals surface area (Å²) in [6.45, 7) is 7.42. The third-order valence-electron chi connectivity index (χ3n) is 4.18. The molecule has 0 aromatic carbocycles. The molecule has 1 aliphatic carbocycles. The van der Waals surface area contributed by atoms with Crippen molar-refractivity contribution in [3.05, 3.63) is 0 Å². The lowest BCUT2D eigenvalue weighted by molar-refractivity contribution is 0.126. The maximum absolute atomic E-state index is 3.65. The monoisotopic (exact) mass is 239 g/mol. The molecule has 2 rings (SSSR count). The standard InChI is InChI=1S/C14H29N3/c1-12(10-15-14-4-5-14)17-8-6-13(7-9-17)11-16(2)3/h12-15H,4-11H2,1-3H3. The van der Waals surface area contributed by atoms with E-state index in [1.165, 1.54) is 51.9 Å². The Morgan fingerprint density at radius 1 is 1.18 bits per heavy atom. The molecule has 1 N–H and O–H groups in total. The molecule has 100 valence electrons. The van der Waals surface area contributed by atoms with Crippen LogP contribution in [-0.4, -0.2) is 62.2 Å². The zero-order chi connectivity index (χ0) is 12.3. The van der Waals surface area contributed by atoms with Crippen LogP contribution in [0, 0.1) is 5.92 Å². The molecular formula is C14H29N3. The first-order valence-corrected chi connectivity index (χ1v) is 7.27. The Kier molecular flexibility index (Phi) is 4.83. The minimum absolute atomic E-state index is 0.718. The van der Waals surface area contributed by atoms with Crippen molar-refractivity contribution < 1.29 is 0 Å². The molecule has 0 radical (unpaired) electrons. The van der Waals surface area contributed by atoms with Crippen LogP contribution in [0.5, 0.6) is 0 Å². The normalized spacial score (nSPS) is 25.4. The second-order valence-corrected chi connectivity index (χ2v) is 6.27. The highest BCUT2D eigenvalue weighted by atomic mass is 15.2. The van der Waals surface area contributed by atoms with Gasteiger partial charge in [0.2, 0.25) is 0 Å². The molecule has 0 amide bonds. The smallest absolute Gasteiger partial charge is 0.0192 e. The molecule has 1 atom stereocenters. The van der Waals surface area contributed by atoms with Crippen molar-refractivity contribution in [2.45, 2.75) is 44.7 Å². The number of rotatable bonds is 6. The summed E-state index contributed by atoms with van der Waals surface area (Å²) in [5.74, 6) is 0.921. The van der Waals surface area contributed by atoms with Gasteiger partial charge in [-0.25, -0.2) is 0 Å². The molecule has 3 heteroatoms. The van der Waals surface area contributed by atoms with Crippen molar-refractivity contribution in [2.24, 2.45) is 5.92 Å². The second kappa shape index (κ2) is 6.17. The van der Waals surface area contributed by atoms with Crippen molar-refractivity contribution in [1.29, 1.82) is 0 Å². The van der Waals surface area contributed by atoms with Crippen LogP contribution in [0.2, 0.25) is 0 Å². The van der Waals surface area contributed by atoms with Crippen LogP contribution in [-0.2, 0) is 0 Å². The number of hydrogen-bond donors (Lipinski definition) is 1. The SMILES string of the molecule is CC(CNC1CC1)N1CCC(CN(C)C)CC1. The summed E-state index contributed by atoms with van der Waals surface area (Å²) < 4.78 is 0. The van der Waals surface area contributed by atoms with E-state index >= 15 is 0 Å². The molecule has 0 bridgehead atoms. The van der Waals surface area contributed by atoms with Gasteiger partial charge in [-0.3, -0.25) is 4.90 Å². The van der Waals surface area contributed by atoms with Crippen molar-refractivity contribution in [3.63, 3.8) is 0 Å². The molecule has 1 saturated heterocycles. The molecule has 3 nitrogen and oxygen atoms in total. The molecule has 0 aromatic rings. The molecule has 17 heavy (non-hydrogen) atoms. The van der Waals surface area contributed by atoms with E-state index in [0.717, 1.165) is 18.0 Å². The zero-order valence-electron chi connectivity index (χ0n) is 11.8. The maximum Gasteiger partial charge on any atom is 0.0192 e. The van der Waals surface area contributed by atoms with Gasteiger partial charge in [0, 0.05) is 25.2 Å². The number of piperidine rings is 1. The van der Waals surface area contributed by atoms with Gasteiger partial charge in [0.05, 0.1) is 0 Å². The Morgan fingerprint density at radius 2 is 1.82 bits per heavy atom. The predicted octanol–water partition coefficient (Wildman–Crippen LogP) is 1.40. The van der Waals surface area contributed by atoms with E-state index < -0.39 is 0 Å². The van der Waals surface area contributed by atoms with E-state index in [-0.39, 0.29) is 0 Å². The van der Waals surface area contributed by atoms with Crippen molar-refractivity contribution in [2.75, 3.05) is 40.3 Å². The average Bonchev–Trinajstić information content (AvgIpc) is 3.10. The Balaban J connectivity index is 1.62. The van der Waals surface area contributed by atoms with Crippen LogP contribution in [0.1, 0.15) is 32.6 Å². The first-order valence-electron chi connectivity index (χ1n) is 7.27. The van der Waals surface area contributed by atoms with Gasteiger partial charge in [-0.05, 0) is 65.7 Å². The molecular weight excluding hydrogens is 210 g/mol. The molecule has 0 spiro atoms. The third-order valence-corrected chi connectivity index (χ3v) is 4.18. The van der Waals surface area contributed by atoms with E-state index in [4.69, 9.17) is 0 Å². The molecule has 2 fully saturated rings. The van der Waals surface area contributed by atoms with Gasteiger partial charge in [0.15, 0.2) is 0 Å². The van der Waals surface area contributed by atoms with E-state index in [1.54, 1.807) is 0 Å². The summed E-state index contributed by atoms with van der Waals surface area (Å²) in [5.41, 5.74) is 0. The Morgan fingerprint density at radius 3 is 2.35 bits per heavy atom. The van der Waals surface area contributed by atoms with Gasteiger partial charge < -0.3 is 10.2 Å². The maximum atomic E-state index is 3.65. The van der Waals surface area contributed by atoms with Gasteiger partial charge in [-0.1, -0.05) is 0 Å². The molecule has 1 aliphatic heterocycles. The Hall–Kier alpha value is -0.120. The van der Waals surface area contributed by atoms with Crippen molar-refractivity contribution in [1.82, 2.24) is 15.1 Å². The quantitative estimate of drug-likeness (QED) is 0.756. The topological polar surface area (TPSA) is 18.5 Å². The minimum Gasteiger partial charge on any atom is -0.312 e. The predicted molar refractivity (Wildman–Crippen MR) is 73.3 cm³/mol. The van der Waals surface area contributed by atoms with Crippen LogP contribution < -0.4 is 5.32 Å². The van der Waals surface area contributed by atoms with Crippen LogP contribution in [0.15, 0.2) is 0 Å². The lowest BCUT2D eigenvalue weighted by Crippen LogP contribution is -2.46. The lowest BCUT2D eigenvalue weighted by Gasteiger charge is -2.37. The van der Waals surface area contributed by atoms with E-state index in [9.17, 15) is 0 Å². The van der Waals surface area contributed by atoms with Crippen LogP contribution in [0.25, 0.3) is 0 Å². The fourth-order valence-corrected chi connectivity index (χ4v) is 2.85. The summed E-state index contributed by atoms with van der Waals surface area (Å²) in [5, 5.41) is 3.65. The Bertz CT molecular complexity index is 218. The van der Waals surface area contributed by atoms with Crippen LogP contribution in [0.3, 0.4) is 0 Å². The van der Waals surface area contributed by atoms with Crippen molar-refractivity contribution in [3.8, 4) is 0 Å². The van der Waals surface area contributed by atoms with E-state index in [2.05, 4.69) is 36.1 Å². The fourth-order valence-electron chi connectivity index (χ4n) is 2.85. The largest absolute Gasteiger partial charge is 0.312 e. The highest BCUT2D eigenvalue weighted by molar-refractivity contribution is 4.84. The summed E-state index contributed by atoms with van der Waals surface area (Å²) in [7, 11) is 4.38. The summed E-state index contributed by atoms with van der Waals surface area (Å²) in [4.78, 5) is 5.00. The average molecular weight is 239 g/mol. The number of likely N-dealkylation sites (tertiary alicyclic amines) is 1. The van der Waals surface area contributed by atoms with Gasteiger partial charge in [0.1, 0.15) is 0 Å². The Labute approximate surface area is 107 Å². The first kappa shape index (κ1) is 13.3. The third kappa shape index (κ3) is 4.57.